The SMILES string of the molecule is CCCNc1nc(-c2cc(C)ccn2)nc(C)c1I. The first kappa shape index (κ1) is 14.2. The van der Waals surface area contributed by atoms with Gasteiger partial charge in [0.1, 0.15) is 11.5 Å². The molecular weight excluding hydrogens is 351 g/mol. The number of pyridine rings is 1. The molecule has 2 aromatic rings. The number of nitrogens with one attached hydrogen (secondary N) is 1. The standard InChI is InChI=1S/C14H17IN4/c1-4-6-17-14-12(15)10(3)18-13(19-14)11-8-9(2)5-7-16-11/h5,7-8H,4,6H2,1-3H3,(H,17,18,19). The molecule has 0 unspecified atom stereocenters. The van der Waals surface area contributed by atoms with Crippen LogP contribution in [0.25, 0.3) is 11.5 Å². The highest BCUT2D eigenvalue weighted by Crippen LogP contribution is 2.22. The molecule has 2 rings (SSSR count). The van der Waals surface area contributed by atoms with Gasteiger partial charge in [0.25, 0.3) is 0 Å². The van der Waals surface area contributed by atoms with Gasteiger partial charge in [-0.3, -0.25) is 4.98 Å². The van der Waals surface area contributed by atoms with Gasteiger partial charge in [-0.05, 0) is 60.6 Å². The molecule has 2 aromatic heterocycles. The van der Waals surface area contributed by atoms with Gasteiger partial charge in [0.2, 0.25) is 0 Å². The van der Waals surface area contributed by atoms with Crippen molar-refractivity contribution in [2.75, 3.05) is 11.9 Å². The molecule has 0 saturated heterocycles. The van der Waals surface area contributed by atoms with Gasteiger partial charge in [-0.2, -0.15) is 0 Å². The molecule has 19 heavy (non-hydrogen) atoms. The monoisotopic (exact) mass is 368 g/mol. The van der Waals surface area contributed by atoms with Gasteiger partial charge in [-0.1, -0.05) is 6.92 Å². The van der Waals surface area contributed by atoms with E-state index in [1.54, 1.807) is 6.20 Å². The van der Waals surface area contributed by atoms with Gasteiger partial charge in [-0.15, -0.1) is 0 Å². The summed E-state index contributed by atoms with van der Waals surface area (Å²) >= 11 is 2.28. The summed E-state index contributed by atoms with van der Waals surface area (Å²) in [5, 5.41) is 3.34. The van der Waals surface area contributed by atoms with Crippen molar-refractivity contribution in [3.63, 3.8) is 0 Å². The largest absolute Gasteiger partial charge is 0.369 e. The lowest BCUT2D eigenvalue weighted by molar-refractivity contribution is 0.956. The highest BCUT2D eigenvalue weighted by molar-refractivity contribution is 14.1. The number of anilines is 1. The predicted octanol–water partition coefficient (Wildman–Crippen LogP) is 3.58. The molecule has 0 aliphatic rings. The van der Waals surface area contributed by atoms with E-state index < -0.39 is 0 Å². The summed E-state index contributed by atoms with van der Waals surface area (Å²) in [6, 6.07) is 3.98. The van der Waals surface area contributed by atoms with Crippen molar-refractivity contribution in [2.45, 2.75) is 27.2 Å². The Labute approximate surface area is 127 Å². The summed E-state index contributed by atoms with van der Waals surface area (Å²) in [5.74, 6) is 1.58. The van der Waals surface area contributed by atoms with Gasteiger partial charge in [0.15, 0.2) is 5.82 Å². The number of halogens is 1. The van der Waals surface area contributed by atoms with E-state index in [0.29, 0.717) is 5.82 Å². The summed E-state index contributed by atoms with van der Waals surface area (Å²) in [7, 11) is 0. The van der Waals surface area contributed by atoms with Crippen LogP contribution in [0, 0.1) is 17.4 Å². The van der Waals surface area contributed by atoms with Crippen LogP contribution in [0.5, 0.6) is 0 Å². The van der Waals surface area contributed by atoms with Crippen LogP contribution in [-0.2, 0) is 0 Å². The van der Waals surface area contributed by atoms with E-state index in [0.717, 1.165) is 39.3 Å². The number of rotatable bonds is 4. The fourth-order valence-corrected chi connectivity index (χ4v) is 2.12. The maximum Gasteiger partial charge on any atom is 0.180 e. The molecule has 0 aromatic carbocycles. The Hall–Kier alpha value is -1.24. The molecule has 0 fully saturated rings. The Bertz CT molecular complexity index is 584. The second kappa shape index (κ2) is 6.27. The van der Waals surface area contributed by atoms with Gasteiger partial charge in [0, 0.05) is 12.7 Å². The molecule has 0 atom stereocenters. The lowest BCUT2D eigenvalue weighted by Gasteiger charge is -2.10. The third-order valence-corrected chi connectivity index (χ3v) is 4.00. The summed E-state index contributed by atoms with van der Waals surface area (Å²) in [6.07, 6.45) is 2.86. The van der Waals surface area contributed by atoms with Crippen LogP contribution in [-0.4, -0.2) is 21.5 Å². The fourth-order valence-electron chi connectivity index (χ4n) is 1.69. The predicted molar refractivity (Wildman–Crippen MR) is 86.2 cm³/mol. The van der Waals surface area contributed by atoms with E-state index in [2.05, 4.69) is 49.8 Å². The first-order chi connectivity index (χ1) is 9.11. The minimum Gasteiger partial charge on any atom is -0.369 e. The Morgan fingerprint density at radius 2 is 2.05 bits per heavy atom. The average molecular weight is 368 g/mol. The molecule has 5 heteroatoms. The van der Waals surface area contributed by atoms with Crippen LogP contribution in [0.3, 0.4) is 0 Å². The second-order valence-corrected chi connectivity index (χ2v) is 5.52. The van der Waals surface area contributed by atoms with Crippen molar-refractivity contribution >= 4 is 28.4 Å². The van der Waals surface area contributed by atoms with E-state index in [9.17, 15) is 0 Å². The van der Waals surface area contributed by atoms with Crippen LogP contribution < -0.4 is 5.32 Å². The second-order valence-electron chi connectivity index (χ2n) is 4.44. The quantitative estimate of drug-likeness (QED) is 0.839. The zero-order valence-electron chi connectivity index (χ0n) is 11.4. The van der Waals surface area contributed by atoms with Gasteiger partial charge in [-0.25, -0.2) is 9.97 Å². The minimum atomic E-state index is 0.681. The van der Waals surface area contributed by atoms with Crippen LogP contribution >= 0.6 is 22.6 Å². The smallest absolute Gasteiger partial charge is 0.180 e. The van der Waals surface area contributed by atoms with E-state index in [1.165, 1.54) is 0 Å². The van der Waals surface area contributed by atoms with Crippen molar-refractivity contribution in [2.24, 2.45) is 0 Å². The Morgan fingerprint density at radius 3 is 2.74 bits per heavy atom. The molecule has 0 aliphatic carbocycles. The third-order valence-electron chi connectivity index (χ3n) is 2.70. The van der Waals surface area contributed by atoms with Crippen LogP contribution in [0.2, 0.25) is 0 Å². The maximum atomic E-state index is 4.59. The number of hydrogen-bond donors (Lipinski definition) is 1. The molecule has 0 amide bonds. The van der Waals surface area contributed by atoms with E-state index in [-0.39, 0.29) is 0 Å². The van der Waals surface area contributed by atoms with E-state index in [4.69, 9.17) is 0 Å². The van der Waals surface area contributed by atoms with Crippen molar-refractivity contribution in [1.29, 1.82) is 0 Å². The molecule has 1 N–H and O–H groups in total. The fraction of sp³-hybridized carbons (Fsp3) is 0.357. The molecule has 0 aliphatic heterocycles. The Balaban J connectivity index is 2.44. The van der Waals surface area contributed by atoms with Gasteiger partial charge in [0.05, 0.1) is 9.26 Å². The summed E-state index contributed by atoms with van der Waals surface area (Å²) in [6.45, 7) is 7.09. The van der Waals surface area contributed by atoms with Gasteiger partial charge >= 0.3 is 0 Å². The topological polar surface area (TPSA) is 50.7 Å². The van der Waals surface area contributed by atoms with Crippen molar-refractivity contribution < 1.29 is 0 Å². The van der Waals surface area contributed by atoms with Crippen LogP contribution in [0.4, 0.5) is 5.82 Å². The first-order valence-corrected chi connectivity index (χ1v) is 7.40. The van der Waals surface area contributed by atoms with Crippen LogP contribution in [0.15, 0.2) is 18.3 Å². The number of hydrogen-bond acceptors (Lipinski definition) is 4. The van der Waals surface area contributed by atoms with Crippen molar-refractivity contribution in [3.8, 4) is 11.5 Å². The number of aryl methyl sites for hydroxylation is 2. The van der Waals surface area contributed by atoms with Crippen LogP contribution in [0.1, 0.15) is 24.6 Å². The van der Waals surface area contributed by atoms with Crippen molar-refractivity contribution in [1.82, 2.24) is 15.0 Å². The molecular formula is C14H17IN4. The maximum absolute atomic E-state index is 4.59. The summed E-state index contributed by atoms with van der Waals surface area (Å²) < 4.78 is 1.07. The third kappa shape index (κ3) is 3.40. The molecule has 0 spiro atoms. The molecule has 0 bridgehead atoms. The molecule has 0 radical (unpaired) electrons. The Morgan fingerprint density at radius 1 is 1.26 bits per heavy atom. The molecule has 0 saturated carbocycles. The number of aromatic nitrogens is 3. The lowest BCUT2D eigenvalue weighted by Crippen LogP contribution is -2.08. The van der Waals surface area contributed by atoms with E-state index >= 15 is 0 Å². The summed E-state index contributed by atoms with van der Waals surface area (Å²) in [5.41, 5.74) is 2.96. The zero-order chi connectivity index (χ0) is 13.8. The minimum absolute atomic E-state index is 0.681. The zero-order valence-corrected chi connectivity index (χ0v) is 13.5. The first-order valence-electron chi connectivity index (χ1n) is 6.33. The highest BCUT2D eigenvalue weighted by Gasteiger charge is 2.11. The Kier molecular flexibility index (Phi) is 4.68. The van der Waals surface area contributed by atoms with Crippen molar-refractivity contribution in [3.05, 3.63) is 33.2 Å². The van der Waals surface area contributed by atoms with E-state index in [1.807, 2.05) is 26.0 Å². The van der Waals surface area contributed by atoms with Gasteiger partial charge < -0.3 is 5.32 Å². The lowest BCUT2D eigenvalue weighted by atomic mass is 10.2. The molecule has 4 nitrogen and oxygen atoms in total. The molecule has 2 heterocycles. The molecule has 100 valence electrons. The number of nitrogens with zero attached hydrogens (tertiary/aromatic N) is 3. The average Bonchev–Trinajstić information content (AvgIpc) is 2.40. The highest BCUT2D eigenvalue weighted by atomic mass is 127. The summed E-state index contributed by atoms with van der Waals surface area (Å²) in [4.78, 5) is 13.5. The normalized spacial score (nSPS) is 10.5.